The standard InChI is InChI=1S/C17H19NO2/c1-2-6-16(13-7-4-3-5-8-13)18-17(20)14-9-11-15(19)12-10-14/h3-5,7-12,16,19H,2,6H2,1H3,(H,18,20)/t16-/m0/s1. The van der Waals surface area contributed by atoms with Crippen LogP contribution in [0.15, 0.2) is 54.6 Å². The Morgan fingerprint density at radius 3 is 2.35 bits per heavy atom. The van der Waals surface area contributed by atoms with Crippen LogP contribution in [0.5, 0.6) is 5.75 Å². The molecular formula is C17H19NO2. The Morgan fingerprint density at radius 1 is 1.10 bits per heavy atom. The van der Waals surface area contributed by atoms with Crippen LogP contribution in [0.3, 0.4) is 0 Å². The van der Waals surface area contributed by atoms with Crippen LogP contribution >= 0.6 is 0 Å². The van der Waals surface area contributed by atoms with Crippen molar-refractivity contribution in [1.82, 2.24) is 5.32 Å². The molecule has 0 bridgehead atoms. The highest BCUT2D eigenvalue weighted by Gasteiger charge is 2.14. The van der Waals surface area contributed by atoms with E-state index in [9.17, 15) is 9.90 Å². The van der Waals surface area contributed by atoms with Crippen LogP contribution in [-0.2, 0) is 0 Å². The number of carbonyl (C=O) groups excluding carboxylic acids is 1. The molecule has 0 spiro atoms. The Hall–Kier alpha value is -2.29. The van der Waals surface area contributed by atoms with Crippen molar-refractivity contribution in [2.45, 2.75) is 25.8 Å². The summed E-state index contributed by atoms with van der Waals surface area (Å²) in [4.78, 5) is 12.2. The molecule has 0 radical (unpaired) electrons. The van der Waals surface area contributed by atoms with Crippen LogP contribution in [0.1, 0.15) is 41.7 Å². The van der Waals surface area contributed by atoms with Crippen LogP contribution in [0, 0.1) is 0 Å². The molecule has 1 atom stereocenters. The number of phenols is 1. The van der Waals surface area contributed by atoms with E-state index in [1.54, 1.807) is 12.1 Å². The largest absolute Gasteiger partial charge is 0.508 e. The van der Waals surface area contributed by atoms with Gasteiger partial charge in [-0.3, -0.25) is 4.79 Å². The lowest BCUT2D eigenvalue weighted by molar-refractivity contribution is 0.0934. The zero-order valence-electron chi connectivity index (χ0n) is 11.5. The van der Waals surface area contributed by atoms with Gasteiger partial charge in [0, 0.05) is 5.56 Å². The zero-order chi connectivity index (χ0) is 14.4. The summed E-state index contributed by atoms with van der Waals surface area (Å²) in [5, 5.41) is 12.3. The minimum Gasteiger partial charge on any atom is -0.508 e. The van der Waals surface area contributed by atoms with Crippen molar-refractivity contribution in [2.75, 3.05) is 0 Å². The van der Waals surface area contributed by atoms with Crippen molar-refractivity contribution in [2.24, 2.45) is 0 Å². The Morgan fingerprint density at radius 2 is 1.75 bits per heavy atom. The molecule has 20 heavy (non-hydrogen) atoms. The molecule has 0 aromatic heterocycles. The first-order chi connectivity index (χ1) is 9.70. The number of amides is 1. The van der Waals surface area contributed by atoms with E-state index in [1.165, 1.54) is 12.1 Å². The van der Waals surface area contributed by atoms with Crippen LogP contribution < -0.4 is 5.32 Å². The fraction of sp³-hybridized carbons (Fsp3) is 0.235. The second-order valence-corrected chi connectivity index (χ2v) is 4.77. The van der Waals surface area contributed by atoms with Gasteiger partial charge in [0.05, 0.1) is 6.04 Å². The lowest BCUT2D eigenvalue weighted by Gasteiger charge is -2.18. The number of aromatic hydroxyl groups is 1. The summed E-state index contributed by atoms with van der Waals surface area (Å²) in [5.74, 6) is 0.0435. The second kappa shape index (κ2) is 6.75. The maximum absolute atomic E-state index is 12.2. The summed E-state index contributed by atoms with van der Waals surface area (Å²) in [7, 11) is 0. The van der Waals surface area contributed by atoms with Crippen molar-refractivity contribution in [1.29, 1.82) is 0 Å². The van der Waals surface area contributed by atoms with Gasteiger partial charge in [0.1, 0.15) is 5.75 Å². The summed E-state index contributed by atoms with van der Waals surface area (Å²) in [6, 6.07) is 16.3. The summed E-state index contributed by atoms with van der Waals surface area (Å²) in [6.45, 7) is 2.10. The van der Waals surface area contributed by atoms with E-state index in [2.05, 4.69) is 12.2 Å². The fourth-order valence-corrected chi connectivity index (χ4v) is 2.15. The molecule has 1 amide bonds. The quantitative estimate of drug-likeness (QED) is 0.870. The topological polar surface area (TPSA) is 49.3 Å². The summed E-state index contributed by atoms with van der Waals surface area (Å²) < 4.78 is 0. The highest BCUT2D eigenvalue weighted by Crippen LogP contribution is 2.19. The van der Waals surface area contributed by atoms with Crippen LogP contribution in [-0.4, -0.2) is 11.0 Å². The summed E-state index contributed by atoms with van der Waals surface area (Å²) in [5.41, 5.74) is 1.67. The number of phenolic OH excluding ortho intramolecular Hbond substituents is 1. The van der Waals surface area contributed by atoms with Gasteiger partial charge in [-0.25, -0.2) is 0 Å². The highest BCUT2D eigenvalue weighted by atomic mass is 16.3. The van der Waals surface area contributed by atoms with E-state index in [0.717, 1.165) is 18.4 Å². The normalized spacial score (nSPS) is 11.8. The van der Waals surface area contributed by atoms with E-state index in [4.69, 9.17) is 0 Å². The third kappa shape index (κ3) is 3.60. The van der Waals surface area contributed by atoms with Crippen molar-refractivity contribution >= 4 is 5.91 Å². The average molecular weight is 269 g/mol. The Bertz CT molecular complexity index is 549. The first-order valence-electron chi connectivity index (χ1n) is 6.85. The molecule has 3 heteroatoms. The van der Waals surface area contributed by atoms with Gasteiger partial charge in [-0.15, -0.1) is 0 Å². The lowest BCUT2D eigenvalue weighted by atomic mass is 10.0. The van der Waals surface area contributed by atoms with Gasteiger partial charge in [0.15, 0.2) is 0 Å². The van der Waals surface area contributed by atoms with Gasteiger partial charge in [0.25, 0.3) is 5.91 Å². The maximum atomic E-state index is 12.2. The molecule has 2 N–H and O–H groups in total. The third-order valence-corrected chi connectivity index (χ3v) is 3.21. The first-order valence-corrected chi connectivity index (χ1v) is 6.85. The number of nitrogens with one attached hydrogen (secondary N) is 1. The van der Waals surface area contributed by atoms with E-state index in [1.807, 2.05) is 30.3 Å². The third-order valence-electron chi connectivity index (χ3n) is 3.21. The molecule has 2 rings (SSSR count). The van der Waals surface area contributed by atoms with Crippen LogP contribution in [0.25, 0.3) is 0 Å². The molecule has 0 unspecified atom stereocenters. The number of hydrogen-bond acceptors (Lipinski definition) is 2. The Kier molecular flexibility index (Phi) is 4.77. The maximum Gasteiger partial charge on any atom is 0.251 e. The summed E-state index contributed by atoms with van der Waals surface area (Å²) >= 11 is 0. The Balaban J connectivity index is 2.12. The minimum absolute atomic E-state index is 0.0162. The smallest absolute Gasteiger partial charge is 0.251 e. The predicted molar refractivity (Wildman–Crippen MR) is 79.7 cm³/mol. The predicted octanol–water partition coefficient (Wildman–Crippen LogP) is 3.66. The monoisotopic (exact) mass is 269 g/mol. The SMILES string of the molecule is CCC[C@H](NC(=O)c1ccc(O)cc1)c1ccccc1. The molecule has 104 valence electrons. The second-order valence-electron chi connectivity index (χ2n) is 4.77. The molecule has 3 nitrogen and oxygen atoms in total. The van der Waals surface area contributed by atoms with Gasteiger partial charge in [-0.05, 0) is 36.2 Å². The van der Waals surface area contributed by atoms with Gasteiger partial charge >= 0.3 is 0 Å². The van der Waals surface area contributed by atoms with E-state index >= 15 is 0 Å². The molecule has 0 saturated heterocycles. The van der Waals surface area contributed by atoms with Crippen molar-refractivity contribution in [3.63, 3.8) is 0 Å². The number of hydrogen-bond donors (Lipinski definition) is 2. The molecule has 2 aromatic carbocycles. The van der Waals surface area contributed by atoms with Gasteiger partial charge in [0.2, 0.25) is 0 Å². The summed E-state index contributed by atoms with van der Waals surface area (Å²) in [6.07, 6.45) is 1.89. The number of benzene rings is 2. The van der Waals surface area contributed by atoms with E-state index < -0.39 is 0 Å². The first kappa shape index (κ1) is 14.1. The number of carbonyl (C=O) groups is 1. The molecule has 0 aliphatic rings. The van der Waals surface area contributed by atoms with E-state index in [0.29, 0.717) is 5.56 Å². The van der Waals surface area contributed by atoms with E-state index in [-0.39, 0.29) is 17.7 Å². The molecule has 0 fully saturated rings. The molecule has 0 aliphatic heterocycles. The van der Waals surface area contributed by atoms with Crippen LogP contribution in [0.2, 0.25) is 0 Å². The average Bonchev–Trinajstić information content (AvgIpc) is 2.48. The molecular weight excluding hydrogens is 250 g/mol. The van der Waals surface area contributed by atoms with Gasteiger partial charge in [-0.2, -0.15) is 0 Å². The number of rotatable bonds is 5. The van der Waals surface area contributed by atoms with Crippen molar-refractivity contribution in [3.8, 4) is 5.75 Å². The molecule has 0 saturated carbocycles. The Labute approximate surface area is 119 Å². The highest BCUT2D eigenvalue weighted by molar-refractivity contribution is 5.94. The molecule has 2 aromatic rings. The molecule has 0 aliphatic carbocycles. The lowest BCUT2D eigenvalue weighted by Crippen LogP contribution is -2.28. The minimum atomic E-state index is -0.118. The fourth-order valence-electron chi connectivity index (χ4n) is 2.15. The van der Waals surface area contributed by atoms with Crippen LogP contribution in [0.4, 0.5) is 0 Å². The molecule has 0 heterocycles. The zero-order valence-corrected chi connectivity index (χ0v) is 11.5. The van der Waals surface area contributed by atoms with Crippen molar-refractivity contribution < 1.29 is 9.90 Å². The van der Waals surface area contributed by atoms with Crippen molar-refractivity contribution in [3.05, 3.63) is 65.7 Å². The van der Waals surface area contributed by atoms with Gasteiger partial charge < -0.3 is 10.4 Å². The van der Waals surface area contributed by atoms with Gasteiger partial charge in [-0.1, -0.05) is 43.7 Å².